The topological polar surface area (TPSA) is 12.0 Å². The van der Waals surface area contributed by atoms with E-state index in [0.717, 1.165) is 22.6 Å². The lowest BCUT2D eigenvalue weighted by molar-refractivity contribution is 0.517. The molecule has 1 N–H and O–H groups in total. The van der Waals surface area contributed by atoms with Gasteiger partial charge >= 0.3 is 0 Å². The smallest absolute Gasteiger partial charge is 0.0423 e. The first-order valence-electron chi connectivity index (χ1n) is 6.68. The van der Waals surface area contributed by atoms with E-state index < -0.39 is 0 Å². The lowest BCUT2D eigenvalue weighted by Crippen LogP contribution is -2.20. The first-order chi connectivity index (χ1) is 8.48. The number of rotatable bonds is 4. The van der Waals surface area contributed by atoms with Gasteiger partial charge in [-0.2, -0.15) is 0 Å². The Hall–Kier alpha value is -0.240. The Morgan fingerprint density at radius 2 is 1.78 bits per heavy atom. The van der Waals surface area contributed by atoms with Crippen molar-refractivity contribution in [3.8, 4) is 0 Å². The summed E-state index contributed by atoms with van der Waals surface area (Å²) >= 11 is 12.2. The van der Waals surface area contributed by atoms with Crippen molar-refractivity contribution in [3.05, 3.63) is 33.8 Å². The summed E-state index contributed by atoms with van der Waals surface area (Å²) < 4.78 is 0. The van der Waals surface area contributed by atoms with Gasteiger partial charge in [-0.1, -0.05) is 37.0 Å². The molecule has 0 saturated heterocycles. The van der Waals surface area contributed by atoms with Gasteiger partial charge in [-0.3, -0.25) is 0 Å². The van der Waals surface area contributed by atoms with Crippen molar-refractivity contribution < 1.29 is 0 Å². The molecular formula is C15H19Cl2N. The lowest BCUT2D eigenvalue weighted by atomic mass is 10.0. The van der Waals surface area contributed by atoms with Gasteiger partial charge in [-0.05, 0) is 60.4 Å². The zero-order valence-corrected chi connectivity index (χ0v) is 12.4. The number of hydrogen-bond donors (Lipinski definition) is 1. The lowest BCUT2D eigenvalue weighted by Gasteiger charge is -2.04. The van der Waals surface area contributed by atoms with E-state index in [1.165, 1.54) is 18.4 Å². The third-order valence-corrected chi connectivity index (χ3v) is 4.93. The van der Waals surface area contributed by atoms with Gasteiger partial charge in [0.15, 0.2) is 0 Å². The van der Waals surface area contributed by atoms with Crippen molar-refractivity contribution in [1.82, 2.24) is 5.32 Å². The average Bonchev–Trinajstić information content (AvgIpc) is 3.11. The van der Waals surface area contributed by atoms with Crippen LogP contribution in [0.4, 0.5) is 0 Å². The van der Waals surface area contributed by atoms with E-state index in [-0.39, 0.29) is 0 Å². The molecule has 3 rings (SSSR count). The Kier molecular flexibility index (Phi) is 3.12. The number of halogens is 2. The molecule has 1 aromatic rings. The summed E-state index contributed by atoms with van der Waals surface area (Å²) in [6, 6.07) is 6.72. The molecule has 1 nitrogen and oxygen atoms in total. The highest BCUT2D eigenvalue weighted by molar-refractivity contribution is 6.34. The monoisotopic (exact) mass is 283 g/mol. The van der Waals surface area contributed by atoms with E-state index in [9.17, 15) is 0 Å². The normalized spacial score (nSPS) is 29.3. The second-order valence-electron chi connectivity index (χ2n) is 6.29. The Balaban J connectivity index is 1.74. The van der Waals surface area contributed by atoms with Crippen LogP contribution in [0.5, 0.6) is 0 Å². The van der Waals surface area contributed by atoms with Gasteiger partial charge in [0.25, 0.3) is 0 Å². The molecule has 2 saturated carbocycles. The van der Waals surface area contributed by atoms with Crippen LogP contribution in [0.15, 0.2) is 18.2 Å². The highest BCUT2D eigenvalue weighted by Crippen LogP contribution is 2.64. The number of benzene rings is 1. The Labute approximate surface area is 119 Å². The van der Waals surface area contributed by atoms with Crippen molar-refractivity contribution in [1.29, 1.82) is 0 Å². The first-order valence-corrected chi connectivity index (χ1v) is 7.43. The predicted molar refractivity (Wildman–Crippen MR) is 77.5 cm³/mol. The molecule has 2 atom stereocenters. The molecule has 0 aromatic heterocycles. The minimum Gasteiger partial charge on any atom is -0.314 e. The molecular weight excluding hydrogens is 265 g/mol. The van der Waals surface area contributed by atoms with Gasteiger partial charge < -0.3 is 5.32 Å². The van der Waals surface area contributed by atoms with Crippen molar-refractivity contribution in [2.75, 3.05) is 6.54 Å². The van der Waals surface area contributed by atoms with E-state index in [2.05, 4.69) is 31.3 Å². The van der Waals surface area contributed by atoms with Crippen LogP contribution in [-0.4, -0.2) is 12.6 Å². The summed E-state index contributed by atoms with van der Waals surface area (Å²) in [5.41, 5.74) is 1.65. The number of hydrogen-bond acceptors (Lipinski definition) is 1. The highest BCUT2D eigenvalue weighted by Gasteiger charge is 2.57. The van der Waals surface area contributed by atoms with Crippen LogP contribution in [-0.2, 0) is 0 Å². The third kappa shape index (κ3) is 2.41. The molecule has 2 aliphatic rings. The number of nitrogens with one attached hydrogen (secondary N) is 1. The van der Waals surface area contributed by atoms with Crippen molar-refractivity contribution >= 4 is 23.2 Å². The Morgan fingerprint density at radius 3 is 2.33 bits per heavy atom. The van der Waals surface area contributed by atoms with Crippen LogP contribution >= 0.6 is 23.2 Å². The first kappa shape index (κ1) is 12.8. The van der Waals surface area contributed by atoms with E-state index in [1.807, 2.05) is 0 Å². The molecule has 0 spiro atoms. The van der Waals surface area contributed by atoms with E-state index in [0.29, 0.717) is 17.3 Å². The second-order valence-corrected chi connectivity index (χ2v) is 7.16. The van der Waals surface area contributed by atoms with Crippen molar-refractivity contribution in [2.45, 2.75) is 38.6 Å². The van der Waals surface area contributed by atoms with Crippen LogP contribution in [0.2, 0.25) is 10.0 Å². The minimum atomic E-state index is 0.357. The molecule has 2 unspecified atom stereocenters. The van der Waals surface area contributed by atoms with Gasteiger partial charge in [0.2, 0.25) is 0 Å². The zero-order valence-electron chi connectivity index (χ0n) is 10.8. The van der Waals surface area contributed by atoms with Crippen molar-refractivity contribution in [2.24, 2.45) is 11.3 Å². The van der Waals surface area contributed by atoms with Gasteiger partial charge in [0.05, 0.1) is 0 Å². The molecule has 2 aliphatic carbocycles. The van der Waals surface area contributed by atoms with Gasteiger partial charge in [-0.25, -0.2) is 0 Å². The maximum absolute atomic E-state index is 6.10. The molecule has 0 heterocycles. The maximum Gasteiger partial charge on any atom is 0.0423 e. The summed E-state index contributed by atoms with van der Waals surface area (Å²) in [5, 5.41) is 5.13. The maximum atomic E-state index is 6.10. The third-order valence-electron chi connectivity index (χ3n) is 4.50. The molecule has 1 aromatic carbocycles. The summed E-state index contributed by atoms with van der Waals surface area (Å²) in [5.74, 6) is 1.28. The van der Waals surface area contributed by atoms with Crippen LogP contribution in [0, 0.1) is 11.3 Å². The molecule has 98 valence electrons. The average molecular weight is 284 g/mol. The van der Waals surface area contributed by atoms with Gasteiger partial charge in [0.1, 0.15) is 0 Å². The molecule has 0 radical (unpaired) electrons. The second kappa shape index (κ2) is 4.40. The summed E-state index contributed by atoms with van der Waals surface area (Å²) in [7, 11) is 0. The standard InChI is InChI=1S/C15H19Cl2N/c1-15(2)13(8-18-12-3-4-12)14(15)9-5-10(16)7-11(17)6-9/h5-7,12-14,18H,3-4,8H2,1-2H3. The van der Waals surface area contributed by atoms with Gasteiger partial charge in [0, 0.05) is 16.1 Å². The van der Waals surface area contributed by atoms with Gasteiger partial charge in [-0.15, -0.1) is 0 Å². The Morgan fingerprint density at radius 1 is 1.17 bits per heavy atom. The van der Waals surface area contributed by atoms with Crippen LogP contribution in [0.3, 0.4) is 0 Å². The van der Waals surface area contributed by atoms with Crippen molar-refractivity contribution in [3.63, 3.8) is 0 Å². The molecule has 0 aliphatic heterocycles. The van der Waals surface area contributed by atoms with Crippen LogP contribution < -0.4 is 5.32 Å². The predicted octanol–water partition coefficient (Wildman–Crippen LogP) is 4.49. The summed E-state index contributed by atoms with van der Waals surface area (Å²) in [6.07, 6.45) is 2.70. The summed E-state index contributed by atoms with van der Waals surface area (Å²) in [6.45, 7) is 5.80. The van der Waals surface area contributed by atoms with E-state index in [4.69, 9.17) is 23.2 Å². The molecule has 3 heteroatoms. The Bertz CT molecular complexity index is 445. The SMILES string of the molecule is CC1(C)C(CNC2CC2)C1c1cc(Cl)cc(Cl)c1. The molecule has 18 heavy (non-hydrogen) atoms. The van der Waals surface area contributed by atoms with E-state index >= 15 is 0 Å². The van der Waals surface area contributed by atoms with Crippen LogP contribution in [0.25, 0.3) is 0 Å². The summed E-state index contributed by atoms with van der Waals surface area (Å²) in [4.78, 5) is 0. The molecule has 0 amide bonds. The highest BCUT2D eigenvalue weighted by atomic mass is 35.5. The molecule has 0 bridgehead atoms. The fourth-order valence-corrected chi connectivity index (χ4v) is 3.67. The fraction of sp³-hybridized carbons (Fsp3) is 0.600. The molecule has 2 fully saturated rings. The minimum absolute atomic E-state index is 0.357. The van der Waals surface area contributed by atoms with Crippen LogP contribution in [0.1, 0.15) is 38.2 Å². The van der Waals surface area contributed by atoms with E-state index in [1.54, 1.807) is 6.07 Å². The quantitative estimate of drug-likeness (QED) is 0.859. The largest absolute Gasteiger partial charge is 0.314 e. The zero-order chi connectivity index (χ0) is 12.9. The fourth-order valence-electron chi connectivity index (χ4n) is 3.12.